The standard InChI is InChI=1S/C21H18FN7O2/c1-13(18-16(22)3-2-6-24-18)28-21(30)29-7-8-31-19-17(29)9-14(10-25-19)4-5-15-11-26-20(23)27-12-15/h2-3,6,9-13H,7-8H2,1H3,(H,28,30)(H2,23,26,27)/t13-/m0/s1. The van der Waals surface area contributed by atoms with Crippen molar-refractivity contribution in [2.45, 2.75) is 13.0 Å². The highest BCUT2D eigenvalue weighted by Crippen LogP contribution is 2.30. The van der Waals surface area contributed by atoms with Crippen molar-refractivity contribution in [1.29, 1.82) is 0 Å². The number of nitrogens with one attached hydrogen (secondary N) is 1. The average molecular weight is 419 g/mol. The molecular weight excluding hydrogens is 401 g/mol. The number of nitrogen functional groups attached to an aromatic ring is 1. The Morgan fingerprint density at radius 1 is 1.23 bits per heavy atom. The number of fused-ring (bicyclic) bond motifs is 1. The molecule has 10 heteroatoms. The van der Waals surface area contributed by atoms with E-state index in [1.54, 1.807) is 19.2 Å². The number of urea groups is 1. The first-order chi connectivity index (χ1) is 15.0. The molecule has 0 saturated heterocycles. The molecule has 1 aliphatic heterocycles. The largest absolute Gasteiger partial charge is 0.474 e. The van der Waals surface area contributed by atoms with Crippen molar-refractivity contribution in [3.63, 3.8) is 0 Å². The number of rotatable bonds is 2. The Kier molecular flexibility index (Phi) is 5.57. The van der Waals surface area contributed by atoms with Crippen LogP contribution in [-0.2, 0) is 0 Å². The summed E-state index contributed by atoms with van der Waals surface area (Å²) in [5.41, 5.74) is 7.26. The minimum atomic E-state index is -0.624. The molecule has 4 heterocycles. The first-order valence-corrected chi connectivity index (χ1v) is 9.42. The van der Waals surface area contributed by atoms with Crippen molar-refractivity contribution < 1.29 is 13.9 Å². The molecule has 3 N–H and O–H groups in total. The van der Waals surface area contributed by atoms with Crippen molar-refractivity contribution >= 4 is 17.7 Å². The maximum atomic E-state index is 14.0. The summed E-state index contributed by atoms with van der Waals surface area (Å²) in [5.74, 6) is 5.88. The average Bonchev–Trinajstić information content (AvgIpc) is 2.78. The molecule has 4 rings (SSSR count). The molecule has 0 unspecified atom stereocenters. The Morgan fingerprint density at radius 2 is 1.97 bits per heavy atom. The highest BCUT2D eigenvalue weighted by Gasteiger charge is 2.27. The lowest BCUT2D eigenvalue weighted by molar-refractivity contribution is 0.235. The number of amides is 2. The van der Waals surface area contributed by atoms with Gasteiger partial charge in [-0.05, 0) is 25.1 Å². The topological polar surface area (TPSA) is 119 Å². The number of nitrogens with two attached hydrogens (primary N) is 1. The summed E-state index contributed by atoms with van der Waals surface area (Å²) in [6.07, 6.45) is 6.06. The number of nitrogens with zero attached hydrogens (tertiary/aromatic N) is 5. The summed E-state index contributed by atoms with van der Waals surface area (Å²) in [4.78, 5) is 30.4. The molecule has 0 fully saturated rings. The number of aromatic nitrogens is 4. The number of carbonyl (C=O) groups is 1. The van der Waals surface area contributed by atoms with Gasteiger partial charge in [-0.1, -0.05) is 11.8 Å². The quantitative estimate of drug-likeness (QED) is 0.610. The number of ether oxygens (including phenoxy) is 1. The zero-order valence-corrected chi connectivity index (χ0v) is 16.5. The van der Waals surface area contributed by atoms with Gasteiger partial charge in [0.1, 0.15) is 18.1 Å². The molecule has 3 aromatic rings. The van der Waals surface area contributed by atoms with Crippen molar-refractivity contribution in [3.8, 4) is 17.7 Å². The first kappa shape index (κ1) is 20.0. The van der Waals surface area contributed by atoms with Crippen LogP contribution in [0.25, 0.3) is 0 Å². The van der Waals surface area contributed by atoms with E-state index in [9.17, 15) is 9.18 Å². The minimum absolute atomic E-state index is 0.160. The fourth-order valence-corrected chi connectivity index (χ4v) is 2.97. The summed E-state index contributed by atoms with van der Waals surface area (Å²) >= 11 is 0. The van der Waals surface area contributed by atoms with Crippen molar-refractivity contribution in [2.75, 3.05) is 23.8 Å². The molecule has 0 spiro atoms. The van der Waals surface area contributed by atoms with Gasteiger partial charge in [0.25, 0.3) is 0 Å². The molecule has 0 aromatic carbocycles. The van der Waals surface area contributed by atoms with Gasteiger partial charge in [-0.3, -0.25) is 9.88 Å². The van der Waals surface area contributed by atoms with E-state index in [4.69, 9.17) is 10.5 Å². The zero-order valence-electron chi connectivity index (χ0n) is 16.5. The van der Waals surface area contributed by atoms with Crippen LogP contribution >= 0.6 is 0 Å². The van der Waals surface area contributed by atoms with Crippen LogP contribution in [0.1, 0.15) is 29.8 Å². The van der Waals surface area contributed by atoms with Gasteiger partial charge < -0.3 is 15.8 Å². The summed E-state index contributed by atoms with van der Waals surface area (Å²) in [5, 5.41) is 2.77. The highest BCUT2D eigenvalue weighted by molar-refractivity contribution is 5.94. The van der Waals surface area contributed by atoms with Gasteiger partial charge >= 0.3 is 6.03 Å². The van der Waals surface area contributed by atoms with Gasteiger partial charge in [-0.25, -0.2) is 24.1 Å². The van der Waals surface area contributed by atoms with Crippen LogP contribution in [0.2, 0.25) is 0 Å². The van der Waals surface area contributed by atoms with E-state index >= 15 is 0 Å². The van der Waals surface area contributed by atoms with Gasteiger partial charge in [-0.15, -0.1) is 0 Å². The van der Waals surface area contributed by atoms with E-state index < -0.39 is 17.9 Å². The third-order valence-corrected chi connectivity index (χ3v) is 4.48. The molecule has 1 atom stereocenters. The predicted octanol–water partition coefficient (Wildman–Crippen LogP) is 2.06. The van der Waals surface area contributed by atoms with E-state index in [0.717, 1.165) is 0 Å². The molecule has 0 saturated carbocycles. The molecule has 156 valence electrons. The number of carbonyl (C=O) groups excluding carboxylic acids is 1. The lowest BCUT2D eigenvalue weighted by atomic mass is 10.2. The molecule has 0 aliphatic carbocycles. The first-order valence-electron chi connectivity index (χ1n) is 9.42. The Labute approximate surface area is 177 Å². The third-order valence-electron chi connectivity index (χ3n) is 4.48. The third kappa shape index (κ3) is 4.51. The number of pyridine rings is 2. The Morgan fingerprint density at radius 3 is 2.74 bits per heavy atom. The second-order valence-electron chi connectivity index (χ2n) is 6.67. The van der Waals surface area contributed by atoms with Crippen LogP contribution in [0.3, 0.4) is 0 Å². The maximum absolute atomic E-state index is 14.0. The van der Waals surface area contributed by atoms with Gasteiger partial charge in [0.05, 0.1) is 23.8 Å². The molecule has 31 heavy (non-hydrogen) atoms. The normalized spacial score (nSPS) is 13.3. The SMILES string of the molecule is C[C@H](NC(=O)N1CCOc2ncc(C#Cc3cnc(N)nc3)cc21)c1ncccc1F. The van der Waals surface area contributed by atoms with Crippen LogP contribution in [0.4, 0.5) is 20.8 Å². The van der Waals surface area contributed by atoms with E-state index in [1.165, 1.54) is 35.6 Å². The van der Waals surface area contributed by atoms with Gasteiger partial charge in [0.2, 0.25) is 11.8 Å². The Hall–Kier alpha value is -4.26. The van der Waals surface area contributed by atoms with E-state index in [-0.39, 0.29) is 18.2 Å². The lowest BCUT2D eigenvalue weighted by Gasteiger charge is -2.30. The number of hydrogen-bond donors (Lipinski definition) is 2. The fourth-order valence-electron chi connectivity index (χ4n) is 2.97. The second-order valence-corrected chi connectivity index (χ2v) is 6.67. The molecule has 2 amide bonds. The molecule has 0 radical (unpaired) electrons. The van der Waals surface area contributed by atoms with Crippen molar-refractivity contribution in [2.24, 2.45) is 0 Å². The Bertz CT molecular complexity index is 1170. The maximum Gasteiger partial charge on any atom is 0.322 e. The number of halogens is 1. The summed E-state index contributed by atoms with van der Waals surface area (Å²) in [6, 6.07) is 3.47. The van der Waals surface area contributed by atoms with Gasteiger partial charge in [0.15, 0.2) is 0 Å². The number of hydrogen-bond acceptors (Lipinski definition) is 7. The van der Waals surface area contributed by atoms with Crippen LogP contribution in [0.15, 0.2) is 43.0 Å². The number of anilines is 2. The van der Waals surface area contributed by atoms with E-state index in [2.05, 4.69) is 37.1 Å². The van der Waals surface area contributed by atoms with Crippen molar-refractivity contribution in [1.82, 2.24) is 25.3 Å². The lowest BCUT2D eigenvalue weighted by Crippen LogP contribution is -2.45. The summed E-state index contributed by atoms with van der Waals surface area (Å²) < 4.78 is 19.5. The van der Waals surface area contributed by atoms with Crippen LogP contribution < -0.4 is 20.7 Å². The van der Waals surface area contributed by atoms with Crippen molar-refractivity contribution in [3.05, 3.63) is 65.6 Å². The van der Waals surface area contributed by atoms with Crippen LogP contribution in [0, 0.1) is 17.7 Å². The predicted molar refractivity (Wildman–Crippen MR) is 111 cm³/mol. The van der Waals surface area contributed by atoms with E-state index in [1.807, 2.05) is 0 Å². The van der Waals surface area contributed by atoms with Gasteiger partial charge in [0, 0.05) is 30.4 Å². The van der Waals surface area contributed by atoms with Crippen LogP contribution in [-0.4, -0.2) is 39.1 Å². The molecule has 3 aromatic heterocycles. The molecule has 1 aliphatic rings. The van der Waals surface area contributed by atoms with Crippen LogP contribution in [0.5, 0.6) is 5.88 Å². The van der Waals surface area contributed by atoms with E-state index in [0.29, 0.717) is 29.2 Å². The summed E-state index contributed by atoms with van der Waals surface area (Å²) in [7, 11) is 0. The fraction of sp³-hybridized carbons (Fsp3) is 0.190. The van der Waals surface area contributed by atoms with Gasteiger partial charge in [-0.2, -0.15) is 0 Å². The highest BCUT2D eigenvalue weighted by atomic mass is 19.1. The zero-order chi connectivity index (χ0) is 21.8. The molecule has 9 nitrogen and oxygen atoms in total. The minimum Gasteiger partial charge on any atom is -0.474 e. The smallest absolute Gasteiger partial charge is 0.322 e. The monoisotopic (exact) mass is 419 g/mol. The molecular formula is C21H18FN7O2. The Balaban J connectivity index is 1.55. The molecule has 0 bridgehead atoms. The second kappa shape index (κ2) is 8.62. The summed E-state index contributed by atoms with van der Waals surface area (Å²) in [6.45, 7) is 2.26.